The molecule has 6 aromatic carbocycles. The second kappa shape index (κ2) is 18.6. The van der Waals surface area contributed by atoms with Gasteiger partial charge in [0, 0.05) is 12.4 Å². The Hall–Kier alpha value is -5.30. The van der Waals surface area contributed by atoms with Crippen molar-refractivity contribution in [2.75, 3.05) is 0 Å². The maximum Gasteiger partial charge on any atom is 0.166 e. The highest BCUT2D eigenvalue weighted by Crippen LogP contribution is 2.31. The topological polar surface area (TPSA) is 80.3 Å². The zero-order chi connectivity index (χ0) is 33.3. The van der Waals surface area contributed by atoms with Crippen LogP contribution in [0.2, 0.25) is 0 Å². The van der Waals surface area contributed by atoms with Gasteiger partial charge in [0.25, 0.3) is 0 Å². The number of carbonyl (C=O) groups excluding carboxylic acids is 2. The van der Waals surface area contributed by atoms with Crippen LogP contribution in [0.4, 0.5) is 0 Å². The Morgan fingerprint density at radius 2 is 0.596 bits per heavy atom. The normalized spacial score (nSPS) is 10.2. The lowest BCUT2D eigenvalue weighted by atomic mass is 10.2. The summed E-state index contributed by atoms with van der Waals surface area (Å²) >= 11 is 0. The van der Waals surface area contributed by atoms with E-state index in [1.807, 2.05) is 0 Å². The second-order valence-electron chi connectivity index (χ2n) is 9.93. The molecular formula is C41H34O4S2. The molecule has 234 valence electrons. The molecule has 0 bridgehead atoms. The van der Waals surface area contributed by atoms with Gasteiger partial charge in [-0.3, -0.25) is 0 Å². The zero-order valence-corrected chi connectivity index (χ0v) is 27.3. The van der Waals surface area contributed by atoms with E-state index >= 15 is 0 Å². The molecule has 0 heterocycles. The molecular weight excluding hydrogens is 621 g/mol. The third-order valence-electron chi connectivity index (χ3n) is 6.52. The molecule has 0 amide bonds. The molecule has 6 rings (SSSR count). The van der Waals surface area contributed by atoms with Gasteiger partial charge in [-0.2, -0.15) is 0 Å². The van der Waals surface area contributed by atoms with Gasteiger partial charge in [0.15, 0.2) is 29.4 Å². The number of carbonyl (C=O) groups is 2. The largest absolute Gasteiger partial charge is 0.550 e. The molecule has 0 spiro atoms. The number of hydrogen-bond acceptors (Lipinski definition) is 4. The summed E-state index contributed by atoms with van der Waals surface area (Å²) in [6, 6.07) is 64.3. The predicted molar refractivity (Wildman–Crippen MR) is 187 cm³/mol. The van der Waals surface area contributed by atoms with Crippen LogP contribution in [0.5, 0.6) is 0 Å². The highest BCUT2D eigenvalue weighted by Gasteiger charge is 2.28. The molecule has 0 fully saturated rings. The van der Waals surface area contributed by atoms with Gasteiger partial charge in [0.2, 0.25) is 0 Å². The molecule has 4 nitrogen and oxygen atoms in total. The van der Waals surface area contributed by atoms with Gasteiger partial charge in [0.1, 0.15) is 0 Å². The van der Waals surface area contributed by atoms with Crippen LogP contribution in [-0.2, 0) is 31.4 Å². The van der Waals surface area contributed by atoms with E-state index in [0.717, 1.165) is 0 Å². The Morgan fingerprint density at radius 3 is 0.723 bits per heavy atom. The Kier molecular flexibility index (Phi) is 13.7. The molecule has 6 heteroatoms. The monoisotopic (exact) mass is 654 g/mol. The van der Waals surface area contributed by atoms with E-state index in [-0.39, 0.29) is 21.8 Å². The number of carboxylic acid groups (broad SMARTS) is 2. The number of carboxylic acids is 2. The van der Waals surface area contributed by atoms with Crippen molar-refractivity contribution in [3.05, 3.63) is 194 Å². The first kappa shape index (κ1) is 34.6. The van der Waals surface area contributed by atoms with Crippen LogP contribution in [0, 0.1) is 0 Å². The molecule has 0 aliphatic heterocycles. The highest BCUT2D eigenvalue weighted by atomic mass is 32.2. The van der Waals surface area contributed by atoms with Crippen molar-refractivity contribution >= 4 is 33.7 Å². The minimum atomic E-state index is -1.56. The molecule has 0 radical (unpaired) electrons. The number of rotatable bonds is 9. The molecule has 0 N–H and O–H groups in total. The summed E-state index contributed by atoms with van der Waals surface area (Å²) in [7, 11) is -0.0293. The Bertz CT molecular complexity index is 1490. The molecule has 0 aromatic heterocycles. The van der Waals surface area contributed by atoms with Gasteiger partial charge in [-0.1, -0.05) is 116 Å². The molecule has 47 heavy (non-hydrogen) atoms. The molecule has 0 atom stereocenters. The van der Waals surface area contributed by atoms with E-state index < -0.39 is 23.9 Å². The summed E-state index contributed by atoms with van der Waals surface area (Å²) in [5.41, 5.74) is -0.477. The zero-order valence-electron chi connectivity index (χ0n) is 25.7. The van der Waals surface area contributed by atoms with Gasteiger partial charge < -0.3 is 19.8 Å². The molecule has 6 aromatic rings. The Labute approximate surface area is 282 Å². The van der Waals surface area contributed by atoms with Crippen LogP contribution in [0.1, 0.15) is 6.42 Å². The summed E-state index contributed by atoms with van der Waals surface area (Å²) in [6.07, 6.45) is -0.678. The number of aliphatic carboxylic acids is 2. The molecule has 0 aliphatic carbocycles. The average Bonchev–Trinajstić information content (AvgIpc) is 3.12. The highest BCUT2D eigenvalue weighted by molar-refractivity contribution is 7.97. The van der Waals surface area contributed by atoms with E-state index in [0.29, 0.717) is 0 Å². The van der Waals surface area contributed by atoms with Crippen LogP contribution >= 0.6 is 0 Å². The minimum Gasteiger partial charge on any atom is -0.550 e. The van der Waals surface area contributed by atoms with Crippen molar-refractivity contribution in [3.8, 4) is 0 Å². The Balaban J connectivity index is 0.000000171. The van der Waals surface area contributed by atoms with Crippen molar-refractivity contribution in [1.82, 2.24) is 0 Å². The molecule has 0 aliphatic rings. The van der Waals surface area contributed by atoms with Crippen LogP contribution < -0.4 is 10.2 Å². The van der Waals surface area contributed by atoms with Gasteiger partial charge in [-0.15, -0.1) is 0 Å². The lowest BCUT2D eigenvalue weighted by Crippen LogP contribution is -2.29. The average molecular weight is 655 g/mol. The number of hydrogen-bond donors (Lipinski definition) is 0. The third kappa shape index (κ3) is 10.9. The molecule has 0 saturated carbocycles. The van der Waals surface area contributed by atoms with E-state index in [1.165, 1.54) is 29.4 Å². The molecule has 0 unspecified atom stereocenters. The van der Waals surface area contributed by atoms with Gasteiger partial charge >= 0.3 is 0 Å². The summed E-state index contributed by atoms with van der Waals surface area (Å²) < 4.78 is 0. The fraction of sp³-hybridized carbons (Fsp3) is 0.0244. The SMILES string of the molecule is C=C(CC(=O)[O-])C(=O)[O-].c1ccc([S+](c2ccccc2)c2ccccc2)cc1.c1ccc([S+](c2ccccc2)c2ccccc2)cc1. The van der Waals surface area contributed by atoms with Crippen molar-refractivity contribution < 1.29 is 19.8 Å². The summed E-state index contributed by atoms with van der Waals surface area (Å²) in [6.45, 7) is 2.91. The van der Waals surface area contributed by atoms with Crippen molar-refractivity contribution in [1.29, 1.82) is 0 Å². The third-order valence-corrected chi connectivity index (χ3v) is 11.0. The smallest absolute Gasteiger partial charge is 0.166 e. The van der Waals surface area contributed by atoms with E-state index in [1.54, 1.807) is 0 Å². The quantitative estimate of drug-likeness (QED) is 0.124. The Morgan fingerprint density at radius 1 is 0.404 bits per heavy atom. The van der Waals surface area contributed by atoms with Gasteiger partial charge in [-0.25, -0.2) is 0 Å². The van der Waals surface area contributed by atoms with E-state index in [2.05, 4.69) is 189 Å². The summed E-state index contributed by atoms with van der Waals surface area (Å²) in [5, 5.41) is 19.4. The predicted octanol–water partition coefficient (Wildman–Crippen LogP) is 7.00. The van der Waals surface area contributed by atoms with Crippen LogP contribution in [0.15, 0.2) is 224 Å². The lowest BCUT2D eigenvalue weighted by Gasteiger charge is -2.07. The minimum absolute atomic E-state index is 0.0146. The van der Waals surface area contributed by atoms with Crippen LogP contribution in [0.3, 0.4) is 0 Å². The fourth-order valence-electron chi connectivity index (χ4n) is 4.40. The fourth-order valence-corrected chi connectivity index (χ4v) is 8.61. The van der Waals surface area contributed by atoms with Crippen LogP contribution in [-0.4, -0.2) is 11.9 Å². The van der Waals surface area contributed by atoms with Crippen molar-refractivity contribution in [3.63, 3.8) is 0 Å². The summed E-state index contributed by atoms with van der Waals surface area (Å²) in [4.78, 5) is 27.6. The first-order valence-corrected chi connectivity index (χ1v) is 17.3. The van der Waals surface area contributed by atoms with Crippen molar-refractivity contribution in [2.24, 2.45) is 0 Å². The lowest BCUT2D eigenvalue weighted by molar-refractivity contribution is -0.309. The van der Waals surface area contributed by atoms with Crippen molar-refractivity contribution in [2.45, 2.75) is 35.8 Å². The van der Waals surface area contributed by atoms with Gasteiger partial charge in [-0.05, 0) is 78.4 Å². The second-order valence-corrected chi connectivity index (χ2v) is 14.0. The van der Waals surface area contributed by atoms with Crippen LogP contribution in [0.25, 0.3) is 0 Å². The maximum atomic E-state index is 9.73. The van der Waals surface area contributed by atoms with E-state index in [9.17, 15) is 19.8 Å². The standard InChI is InChI=1S/2C18H15S.C5H6O4/c2*1-4-10-16(11-5-1)19(17-12-6-2-7-13-17)18-14-8-3-9-15-18;1-3(5(8)9)2-4(6)7/h2*1-15H;1-2H2,(H,6,7)(H,8,9)/q2*+1;/p-2. The van der Waals surface area contributed by atoms with E-state index in [4.69, 9.17) is 0 Å². The first-order valence-electron chi connectivity index (χ1n) is 14.8. The molecule has 0 saturated heterocycles. The summed E-state index contributed by atoms with van der Waals surface area (Å²) in [5.74, 6) is -3.02. The first-order chi connectivity index (χ1) is 22.9. The maximum absolute atomic E-state index is 9.73. The van der Waals surface area contributed by atoms with Gasteiger partial charge in [0.05, 0.1) is 27.8 Å². The number of benzene rings is 6.